The second-order valence-corrected chi connectivity index (χ2v) is 12.6. The van der Waals surface area contributed by atoms with Gasteiger partial charge in [0, 0.05) is 42.1 Å². The second kappa shape index (κ2) is 13.5. The molecule has 1 aliphatic carbocycles. The number of aromatic amines is 1. The van der Waals surface area contributed by atoms with Gasteiger partial charge in [0.2, 0.25) is 0 Å². The summed E-state index contributed by atoms with van der Waals surface area (Å²) in [6.07, 6.45) is 15.4. The Morgan fingerprint density at radius 2 is 1.75 bits per heavy atom. The minimum absolute atomic E-state index is 0.0698. The zero-order chi connectivity index (χ0) is 28.0. The van der Waals surface area contributed by atoms with Gasteiger partial charge in [0.25, 0.3) is 0 Å². The summed E-state index contributed by atoms with van der Waals surface area (Å²) in [4.78, 5) is 32.7. The zero-order valence-electron chi connectivity index (χ0n) is 24.8. The molecule has 6 nitrogen and oxygen atoms in total. The molecule has 4 bridgehead atoms. The van der Waals surface area contributed by atoms with Crippen molar-refractivity contribution in [1.82, 2.24) is 9.88 Å². The van der Waals surface area contributed by atoms with Crippen LogP contribution in [-0.4, -0.2) is 54.2 Å². The zero-order valence-corrected chi connectivity index (χ0v) is 24.8. The summed E-state index contributed by atoms with van der Waals surface area (Å²) < 4.78 is 11.6. The number of unbranched alkanes of at least 4 members (excludes halogenated alkanes) is 8. The van der Waals surface area contributed by atoms with Gasteiger partial charge in [-0.2, -0.15) is 0 Å². The number of para-hydroxylation sites is 1. The number of piperidine rings is 2. The molecule has 40 heavy (non-hydrogen) atoms. The van der Waals surface area contributed by atoms with Gasteiger partial charge in [-0.15, -0.1) is 0 Å². The summed E-state index contributed by atoms with van der Waals surface area (Å²) in [5, 5.41) is 1.23. The van der Waals surface area contributed by atoms with Crippen LogP contribution in [0.25, 0.3) is 10.9 Å². The van der Waals surface area contributed by atoms with Gasteiger partial charge in [-0.25, -0.2) is 0 Å². The summed E-state index contributed by atoms with van der Waals surface area (Å²) in [7, 11) is 0. The Morgan fingerprint density at radius 1 is 1.00 bits per heavy atom. The molecule has 0 spiro atoms. The molecule has 1 N–H and O–H groups in total. The van der Waals surface area contributed by atoms with E-state index in [0.29, 0.717) is 31.5 Å². The first-order valence-corrected chi connectivity index (χ1v) is 16.2. The highest BCUT2D eigenvalue weighted by atomic mass is 16.5. The van der Waals surface area contributed by atoms with Crippen molar-refractivity contribution in [2.45, 2.75) is 115 Å². The standard InChI is InChI=1S/C34H50N2O4/c1-3-5-6-7-8-9-10-11-12-17-30(37)40-21-19-26-22-25-23-34(33(38)39-4-2)31-28(18-20-36(24-25)32(26)34)27-15-13-14-16-29(27)35-31/h13-16,25-26,32,35H,3-12,17-24H2,1-2H3/t25-,26?,32?,34?/m0/s1. The number of nitrogens with one attached hydrogen (secondary N) is 1. The first kappa shape index (κ1) is 29.2. The van der Waals surface area contributed by atoms with Gasteiger partial charge in [-0.3, -0.25) is 14.5 Å². The molecule has 1 aromatic heterocycles. The summed E-state index contributed by atoms with van der Waals surface area (Å²) in [6.45, 7) is 6.97. The molecule has 0 radical (unpaired) electrons. The molecule has 4 unspecified atom stereocenters. The Bertz CT molecular complexity index is 1140. The first-order chi connectivity index (χ1) is 19.6. The summed E-state index contributed by atoms with van der Waals surface area (Å²) in [5.74, 6) is 0.584. The number of carbonyl (C=O) groups excluding carboxylic acids is 2. The molecule has 1 aromatic carbocycles. The van der Waals surface area contributed by atoms with Gasteiger partial charge < -0.3 is 14.5 Å². The largest absolute Gasteiger partial charge is 0.466 e. The first-order valence-electron chi connectivity index (χ1n) is 16.2. The molecule has 4 aliphatic rings. The van der Waals surface area contributed by atoms with Crippen molar-refractivity contribution in [3.05, 3.63) is 35.5 Å². The summed E-state index contributed by atoms with van der Waals surface area (Å²) >= 11 is 0. The van der Waals surface area contributed by atoms with Gasteiger partial charge in [-0.05, 0) is 62.5 Å². The molecule has 6 rings (SSSR count). The van der Waals surface area contributed by atoms with E-state index in [1.807, 2.05) is 6.92 Å². The van der Waals surface area contributed by atoms with E-state index in [2.05, 4.69) is 41.1 Å². The average Bonchev–Trinajstić information content (AvgIpc) is 3.30. The van der Waals surface area contributed by atoms with E-state index < -0.39 is 5.41 Å². The van der Waals surface area contributed by atoms with Crippen LogP contribution in [0.15, 0.2) is 24.3 Å². The van der Waals surface area contributed by atoms with Gasteiger partial charge in [0.15, 0.2) is 0 Å². The van der Waals surface area contributed by atoms with E-state index in [9.17, 15) is 9.59 Å². The number of H-pyrrole nitrogens is 1. The van der Waals surface area contributed by atoms with Crippen molar-refractivity contribution in [3.63, 3.8) is 0 Å². The van der Waals surface area contributed by atoms with Gasteiger partial charge >= 0.3 is 11.9 Å². The number of rotatable bonds is 15. The molecule has 3 aliphatic heterocycles. The Kier molecular flexibility index (Phi) is 9.88. The fourth-order valence-electron chi connectivity index (χ4n) is 8.21. The molecule has 6 heteroatoms. The summed E-state index contributed by atoms with van der Waals surface area (Å²) in [6, 6.07) is 8.51. The van der Waals surface area contributed by atoms with Crippen molar-refractivity contribution in [3.8, 4) is 0 Å². The minimum atomic E-state index is -0.687. The van der Waals surface area contributed by atoms with Crippen molar-refractivity contribution >= 4 is 22.8 Å². The van der Waals surface area contributed by atoms with Crippen molar-refractivity contribution in [1.29, 1.82) is 0 Å². The maximum Gasteiger partial charge on any atom is 0.319 e. The van der Waals surface area contributed by atoms with E-state index in [1.54, 1.807) is 0 Å². The molecular formula is C34H50N2O4. The quantitative estimate of drug-likeness (QED) is 0.189. The lowest BCUT2D eigenvalue weighted by Gasteiger charge is -2.58. The maximum absolute atomic E-state index is 13.9. The molecule has 3 fully saturated rings. The number of fused-ring (bicyclic) bond motifs is 4. The highest BCUT2D eigenvalue weighted by Crippen LogP contribution is 2.55. The van der Waals surface area contributed by atoms with Crippen LogP contribution in [0.2, 0.25) is 0 Å². The molecule has 2 aromatic rings. The van der Waals surface area contributed by atoms with Crippen LogP contribution in [-0.2, 0) is 30.9 Å². The van der Waals surface area contributed by atoms with E-state index in [1.165, 1.54) is 55.9 Å². The Morgan fingerprint density at radius 3 is 2.52 bits per heavy atom. The van der Waals surface area contributed by atoms with Crippen LogP contribution in [0.3, 0.4) is 0 Å². The van der Waals surface area contributed by atoms with Crippen molar-refractivity contribution in [2.24, 2.45) is 11.8 Å². The number of nitrogens with zero attached hydrogens (tertiary/aromatic N) is 1. The van der Waals surface area contributed by atoms with Crippen molar-refractivity contribution in [2.75, 3.05) is 26.3 Å². The third-order valence-electron chi connectivity index (χ3n) is 9.87. The lowest BCUT2D eigenvalue weighted by atomic mass is 9.56. The normalized spacial score (nSPS) is 26.9. The van der Waals surface area contributed by atoms with Gasteiger partial charge in [0.05, 0.1) is 13.2 Å². The minimum Gasteiger partial charge on any atom is -0.466 e. The Hall–Kier alpha value is -2.34. The third kappa shape index (κ3) is 5.98. The van der Waals surface area contributed by atoms with E-state index >= 15 is 0 Å². The molecule has 0 amide bonds. The molecule has 4 heterocycles. The lowest BCUT2D eigenvalue weighted by Crippen LogP contribution is -2.67. The van der Waals surface area contributed by atoms with Crippen LogP contribution in [0, 0.1) is 11.8 Å². The average molecular weight is 551 g/mol. The second-order valence-electron chi connectivity index (χ2n) is 12.6. The Labute approximate surface area is 240 Å². The van der Waals surface area contributed by atoms with E-state index in [0.717, 1.165) is 62.8 Å². The number of aromatic nitrogens is 1. The smallest absolute Gasteiger partial charge is 0.319 e. The van der Waals surface area contributed by atoms with Crippen LogP contribution < -0.4 is 0 Å². The third-order valence-corrected chi connectivity index (χ3v) is 9.87. The molecule has 220 valence electrons. The highest BCUT2D eigenvalue weighted by molar-refractivity contribution is 5.91. The highest BCUT2D eigenvalue weighted by Gasteiger charge is 2.63. The van der Waals surface area contributed by atoms with Crippen LogP contribution >= 0.6 is 0 Å². The SMILES string of the molecule is CCCCCCCCCCCC(=O)OCCC1C[C@@H]2CN3CCc4c([nH]c5ccccc45)C(C(=O)OCC)(C2)C13. The molecule has 1 saturated carbocycles. The van der Waals surface area contributed by atoms with Crippen LogP contribution in [0.1, 0.15) is 109 Å². The molecule has 5 atom stereocenters. The van der Waals surface area contributed by atoms with E-state index in [-0.39, 0.29) is 18.0 Å². The number of hydrogen-bond donors (Lipinski definition) is 1. The predicted octanol–water partition coefficient (Wildman–Crippen LogP) is 7.09. The maximum atomic E-state index is 13.9. The van der Waals surface area contributed by atoms with Crippen LogP contribution in [0.4, 0.5) is 0 Å². The van der Waals surface area contributed by atoms with E-state index in [4.69, 9.17) is 9.47 Å². The van der Waals surface area contributed by atoms with Crippen LogP contribution in [0.5, 0.6) is 0 Å². The fourth-order valence-corrected chi connectivity index (χ4v) is 8.21. The monoisotopic (exact) mass is 550 g/mol. The van der Waals surface area contributed by atoms with Crippen molar-refractivity contribution < 1.29 is 19.1 Å². The number of hydrogen-bond acceptors (Lipinski definition) is 5. The molecule has 2 saturated heterocycles. The number of esters is 2. The summed E-state index contributed by atoms with van der Waals surface area (Å²) in [5.41, 5.74) is 2.78. The Balaban J connectivity index is 1.20. The van der Waals surface area contributed by atoms with Gasteiger partial charge in [-0.1, -0.05) is 76.5 Å². The number of benzene rings is 1. The topological polar surface area (TPSA) is 71.6 Å². The predicted molar refractivity (Wildman–Crippen MR) is 159 cm³/mol. The molecular weight excluding hydrogens is 500 g/mol. The van der Waals surface area contributed by atoms with Gasteiger partial charge in [0.1, 0.15) is 5.41 Å². The number of ether oxygens (including phenoxy) is 2. The number of carbonyl (C=O) groups is 2. The fraction of sp³-hybridized carbons (Fsp3) is 0.706. The lowest BCUT2D eigenvalue weighted by molar-refractivity contribution is -0.166.